The first-order valence-electron chi connectivity index (χ1n) is 8.47. The minimum absolute atomic E-state index is 0.0217. The molecular weight excluding hydrogens is 294 g/mol. The number of hydrogen-bond acceptors (Lipinski definition) is 5. The van der Waals surface area contributed by atoms with Crippen LogP contribution in [0.25, 0.3) is 0 Å². The number of hydrogen-bond donors (Lipinski definition) is 1. The molecule has 0 aromatic carbocycles. The highest BCUT2D eigenvalue weighted by molar-refractivity contribution is 5.77. The fourth-order valence-electron chi connectivity index (χ4n) is 3.49. The molecule has 0 radical (unpaired) electrons. The maximum Gasteiger partial charge on any atom is 0.225 e. The number of carbonyl (C=O) groups excluding carboxylic acids is 1. The zero-order chi connectivity index (χ0) is 16.3. The average Bonchev–Trinajstić information content (AvgIpc) is 2.55. The molecule has 6 heteroatoms. The largest absolute Gasteiger partial charge is 0.389 e. The highest BCUT2D eigenvalue weighted by Crippen LogP contribution is 2.32. The monoisotopic (exact) mass is 319 g/mol. The fraction of sp³-hybridized carbons (Fsp3) is 0.706. The second kappa shape index (κ2) is 6.93. The number of morpholine rings is 1. The molecule has 2 aliphatic rings. The van der Waals surface area contributed by atoms with E-state index in [9.17, 15) is 9.90 Å². The van der Waals surface area contributed by atoms with Crippen molar-refractivity contribution in [1.82, 2.24) is 14.9 Å². The van der Waals surface area contributed by atoms with Crippen molar-refractivity contribution < 1.29 is 14.6 Å². The van der Waals surface area contributed by atoms with Crippen LogP contribution in [0.3, 0.4) is 0 Å². The van der Waals surface area contributed by atoms with Crippen LogP contribution in [-0.4, -0.2) is 51.2 Å². The van der Waals surface area contributed by atoms with Gasteiger partial charge in [0.1, 0.15) is 11.9 Å². The van der Waals surface area contributed by atoms with Crippen LogP contribution in [0.15, 0.2) is 12.3 Å². The van der Waals surface area contributed by atoms with Crippen molar-refractivity contribution >= 4 is 5.91 Å². The summed E-state index contributed by atoms with van der Waals surface area (Å²) in [7, 11) is 0. The summed E-state index contributed by atoms with van der Waals surface area (Å²) in [6.45, 7) is 3.41. The molecule has 1 aromatic rings. The van der Waals surface area contributed by atoms with E-state index in [0.717, 1.165) is 37.8 Å². The second-order valence-corrected chi connectivity index (χ2v) is 6.69. The van der Waals surface area contributed by atoms with Crippen molar-refractivity contribution in [3.05, 3.63) is 23.8 Å². The lowest BCUT2D eigenvalue weighted by Crippen LogP contribution is -2.46. The Morgan fingerprint density at radius 1 is 1.43 bits per heavy atom. The van der Waals surface area contributed by atoms with Crippen LogP contribution in [0, 0.1) is 6.92 Å². The molecule has 2 fully saturated rings. The Morgan fingerprint density at radius 3 is 2.96 bits per heavy atom. The van der Waals surface area contributed by atoms with Crippen LogP contribution in [0.2, 0.25) is 0 Å². The molecule has 6 nitrogen and oxygen atoms in total. The predicted octanol–water partition coefficient (Wildman–Crippen LogP) is 1.77. The van der Waals surface area contributed by atoms with Gasteiger partial charge in [0.2, 0.25) is 5.91 Å². The normalized spacial score (nSPS) is 24.4. The molecule has 1 N–H and O–H groups in total. The van der Waals surface area contributed by atoms with Gasteiger partial charge in [-0.05, 0) is 25.8 Å². The van der Waals surface area contributed by atoms with Crippen LogP contribution >= 0.6 is 0 Å². The summed E-state index contributed by atoms with van der Waals surface area (Å²) in [6, 6.07) is 1.83. The molecule has 126 valence electrons. The standard InChI is InChI=1S/C17H25N3O3/c1-13-18-8-5-14(19-13)15-12-20(9-10-23-15)16(21)11-17(22)6-3-2-4-7-17/h5,8,15,22H,2-4,6-7,9-12H2,1H3. The maximum absolute atomic E-state index is 12.6. The minimum Gasteiger partial charge on any atom is -0.389 e. The Kier molecular flexibility index (Phi) is 4.92. The van der Waals surface area contributed by atoms with Crippen LogP contribution < -0.4 is 0 Å². The van der Waals surface area contributed by atoms with E-state index in [0.29, 0.717) is 25.5 Å². The van der Waals surface area contributed by atoms with Crippen LogP contribution in [0.4, 0.5) is 0 Å². The van der Waals surface area contributed by atoms with Crippen molar-refractivity contribution in [1.29, 1.82) is 0 Å². The second-order valence-electron chi connectivity index (χ2n) is 6.69. The minimum atomic E-state index is -0.811. The number of aliphatic hydroxyl groups is 1. The summed E-state index contributed by atoms with van der Waals surface area (Å²) in [5.41, 5.74) is 0.000588. The third kappa shape index (κ3) is 4.06. The molecule has 1 unspecified atom stereocenters. The van der Waals surface area contributed by atoms with Gasteiger partial charge in [-0.2, -0.15) is 0 Å². The predicted molar refractivity (Wildman–Crippen MR) is 84.7 cm³/mol. The molecule has 1 aromatic heterocycles. The third-order valence-corrected chi connectivity index (χ3v) is 4.81. The SMILES string of the molecule is Cc1nccc(C2CN(C(=O)CC3(O)CCCCC3)CCO2)n1. The van der Waals surface area contributed by atoms with E-state index in [-0.39, 0.29) is 18.4 Å². The molecule has 2 heterocycles. The molecule has 23 heavy (non-hydrogen) atoms. The van der Waals surface area contributed by atoms with Gasteiger partial charge in [-0.25, -0.2) is 9.97 Å². The van der Waals surface area contributed by atoms with Crippen molar-refractivity contribution in [2.75, 3.05) is 19.7 Å². The average molecular weight is 319 g/mol. The van der Waals surface area contributed by atoms with E-state index >= 15 is 0 Å². The van der Waals surface area contributed by atoms with Crippen molar-refractivity contribution in [3.8, 4) is 0 Å². The zero-order valence-electron chi connectivity index (χ0n) is 13.7. The Bertz CT molecular complexity index is 558. The summed E-state index contributed by atoms with van der Waals surface area (Å²) >= 11 is 0. The van der Waals surface area contributed by atoms with E-state index in [2.05, 4.69) is 9.97 Å². The van der Waals surface area contributed by atoms with Gasteiger partial charge in [0.05, 0.1) is 30.9 Å². The molecule has 1 aliphatic heterocycles. The first-order chi connectivity index (χ1) is 11.1. The highest BCUT2D eigenvalue weighted by Gasteiger charge is 2.35. The topological polar surface area (TPSA) is 75.6 Å². The lowest BCUT2D eigenvalue weighted by atomic mass is 9.82. The van der Waals surface area contributed by atoms with Gasteiger partial charge in [-0.15, -0.1) is 0 Å². The molecule has 1 saturated heterocycles. The number of aromatic nitrogens is 2. The highest BCUT2D eigenvalue weighted by atomic mass is 16.5. The molecule has 0 spiro atoms. The molecule has 1 saturated carbocycles. The molecule has 1 atom stereocenters. The maximum atomic E-state index is 12.6. The third-order valence-electron chi connectivity index (χ3n) is 4.81. The molecule has 3 rings (SSSR count). The lowest BCUT2D eigenvalue weighted by molar-refractivity contribution is -0.145. The van der Waals surface area contributed by atoms with Gasteiger partial charge < -0.3 is 14.7 Å². The number of aryl methyl sites for hydroxylation is 1. The van der Waals surface area contributed by atoms with E-state index < -0.39 is 5.60 Å². The molecule has 1 aliphatic carbocycles. The van der Waals surface area contributed by atoms with Gasteiger partial charge in [-0.3, -0.25) is 4.79 Å². The summed E-state index contributed by atoms with van der Waals surface area (Å²) in [5, 5.41) is 10.6. The first-order valence-corrected chi connectivity index (χ1v) is 8.47. The smallest absolute Gasteiger partial charge is 0.225 e. The number of ether oxygens (including phenoxy) is 1. The molecule has 0 bridgehead atoms. The van der Waals surface area contributed by atoms with Gasteiger partial charge in [0, 0.05) is 12.7 Å². The van der Waals surface area contributed by atoms with E-state index in [1.54, 1.807) is 11.1 Å². The van der Waals surface area contributed by atoms with E-state index in [1.807, 2.05) is 13.0 Å². The summed E-state index contributed by atoms with van der Waals surface area (Å²) < 4.78 is 5.77. The summed E-state index contributed by atoms with van der Waals surface area (Å²) in [4.78, 5) is 22.9. The van der Waals surface area contributed by atoms with Crippen LogP contribution in [0.5, 0.6) is 0 Å². The Balaban J connectivity index is 1.62. The van der Waals surface area contributed by atoms with Gasteiger partial charge >= 0.3 is 0 Å². The molecule has 1 amide bonds. The van der Waals surface area contributed by atoms with E-state index in [4.69, 9.17) is 4.74 Å². The first kappa shape index (κ1) is 16.3. The zero-order valence-corrected chi connectivity index (χ0v) is 13.7. The van der Waals surface area contributed by atoms with Crippen LogP contribution in [-0.2, 0) is 9.53 Å². The number of carbonyl (C=O) groups is 1. The van der Waals surface area contributed by atoms with Crippen molar-refractivity contribution in [3.63, 3.8) is 0 Å². The molecular formula is C17H25N3O3. The Morgan fingerprint density at radius 2 is 2.22 bits per heavy atom. The van der Waals surface area contributed by atoms with Gasteiger partial charge in [0.15, 0.2) is 0 Å². The van der Waals surface area contributed by atoms with Crippen molar-refractivity contribution in [2.45, 2.75) is 57.2 Å². The fourth-order valence-corrected chi connectivity index (χ4v) is 3.49. The number of nitrogens with zero attached hydrogens (tertiary/aromatic N) is 3. The summed E-state index contributed by atoms with van der Waals surface area (Å²) in [6.07, 6.45) is 6.37. The van der Waals surface area contributed by atoms with Gasteiger partial charge in [0.25, 0.3) is 0 Å². The van der Waals surface area contributed by atoms with Gasteiger partial charge in [-0.1, -0.05) is 19.3 Å². The number of amides is 1. The number of rotatable bonds is 3. The quantitative estimate of drug-likeness (QED) is 0.919. The lowest BCUT2D eigenvalue weighted by Gasteiger charge is -2.37. The van der Waals surface area contributed by atoms with Crippen molar-refractivity contribution in [2.24, 2.45) is 0 Å². The Labute approximate surface area is 136 Å². The van der Waals surface area contributed by atoms with Crippen LogP contribution in [0.1, 0.15) is 56.1 Å². The Hall–Kier alpha value is -1.53. The summed E-state index contributed by atoms with van der Waals surface area (Å²) in [5.74, 6) is 0.722. The van der Waals surface area contributed by atoms with E-state index in [1.165, 1.54) is 0 Å².